The van der Waals surface area contributed by atoms with Crippen LogP contribution in [0, 0.1) is 11.8 Å². The van der Waals surface area contributed by atoms with Gasteiger partial charge >= 0.3 is 0 Å². The number of rotatable bonds is 4. The Hall–Kier alpha value is -3.41. The van der Waals surface area contributed by atoms with E-state index >= 15 is 0 Å². The zero-order chi connectivity index (χ0) is 18.8. The number of carbonyl (C=O) groups is 2. The van der Waals surface area contributed by atoms with Crippen LogP contribution in [0.3, 0.4) is 0 Å². The highest BCUT2D eigenvalue weighted by atomic mass is 16.2. The highest BCUT2D eigenvalue weighted by molar-refractivity contribution is 6.00. The molecule has 0 spiro atoms. The molecule has 2 aromatic carbocycles. The highest BCUT2D eigenvalue weighted by Gasteiger charge is 2.39. The zero-order valence-corrected chi connectivity index (χ0v) is 14.9. The molecular formula is C21H20N4O2. The molecule has 0 bridgehead atoms. The maximum absolute atomic E-state index is 12.7. The summed E-state index contributed by atoms with van der Waals surface area (Å²) >= 11 is 0. The standard InChI is InChI=1S/C21H20N4O2/c1-14-12-17(14)20(26)22-23-21(27)18-13-25(16-10-6-3-7-11-16)24-19(18)15-8-4-2-5-9-15/h2-11,13-14,17H,12H2,1H3,(H,22,26)(H,23,27). The molecule has 1 fully saturated rings. The Bertz CT molecular complexity index is 966. The number of para-hydroxylation sites is 1. The van der Waals surface area contributed by atoms with Gasteiger partial charge in [-0.1, -0.05) is 55.5 Å². The Morgan fingerprint density at radius 3 is 2.26 bits per heavy atom. The van der Waals surface area contributed by atoms with Gasteiger partial charge in [0.25, 0.3) is 5.91 Å². The third kappa shape index (κ3) is 3.60. The topological polar surface area (TPSA) is 76.0 Å². The van der Waals surface area contributed by atoms with E-state index in [0.29, 0.717) is 17.2 Å². The van der Waals surface area contributed by atoms with Crippen molar-refractivity contribution < 1.29 is 9.59 Å². The minimum Gasteiger partial charge on any atom is -0.273 e. The van der Waals surface area contributed by atoms with Gasteiger partial charge in [-0.3, -0.25) is 20.4 Å². The first-order valence-corrected chi connectivity index (χ1v) is 8.94. The van der Waals surface area contributed by atoms with Gasteiger partial charge in [0.2, 0.25) is 5.91 Å². The SMILES string of the molecule is CC1CC1C(=O)NNC(=O)c1cn(-c2ccccc2)nc1-c1ccccc1. The van der Waals surface area contributed by atoms with Gasteiger partial charge in [0.15, 0.2) is 0 Å². The summed E-state index contributed by atoms with van der Waals surface area (Å²) in [5.74, 6) is -0.168. The molecule has 0 aliphatic heterocycles. The summed E-state index contributed by atoms with van der Waals surface area (Å²) in [7, 11) is 0. The number of nitrogens with zero attached hydrogens (tertiary/aromatic N) is 2. The van der Waals surface area contributed by atoms with Crippen molar-refractivity contribution in [1.82, 2.24) is 20.6 Å². The largest absolute Gasteiger partial charge is 0.273 e. The number of hydrogen-bond acceptors (Lipinski definition) is 3. The van der Waals surface area contributed by atoms with E-state index in [1.54, 1.807) is 10.9 Å². The fourth-order valence-electron chi connectivity index (χ4n) is 3.03. The van der Waals surface area contributed by atoms with Crippen molar-refractivity contribution in [3.8, 4) is 16.9 Å². The van der Waals surface area contributed by atoms with Gasteiger partial charge in [0.05, 0.1) is 11.3 Å². The number of benzene rings is 2. The van der Waals surface area contributed by atoms with E-state index in [-0.39, 0.29) is 11.8 Å². The van der Waals surface area contributed by atoms with Crippen LogP contribution in [0.15, 0.2) is 66.9 Å². The molecule has 3 aromatic rings. The quantitative estimate of drug-likeness (QED) is 0.703. The molecule has 2 amide bonds. The number of hydrogen-bond donors (Lipinski definition) is 2. The Kier molecular flexibility index (Phi) is 4.46. The highest BCUT2D eigenvalue weighted by Crippen LogP contribution is 2.37. The zero-order valence-electron chi connectivity index (χ0n) is 14.9. The molecule has 1 aliphatic carbocycles. The van der Waals surface area contributed by atoms with Crippen LogP contribution in [0.1, 0.15) is 23.7 Å². The molecule has 1 aromatic heterocycles. The number of hydrazine groups is 1. The number of nitrogens with one attached hydrogen (secondary N) is 2. The average molecular weight is 360 g/mol. The molecule has 0 radical (unpaired) electrons. The van der Waals surface area contributed by atoms with Gasteiger partial charge < -0.3 is 0 Å². The lowest BCUT2D eigenvalue weighted by Crippen LogP contribution is -2.42. The van der Waals surface area contributed by atoms with Crippen LogP contribution in [0.4, 0.5) is 0 Å². The van der Waals surface area contributed by atoms with Gasteiger partial charge in [-0.2, -0.15) is 5.10 Å². The lowest BCUT2D eigenvalue weighted by Gasteiger charge is -2.07. The molecule has 2 N–H and O–H groups in total. The fourth-order valence-corrected chi connectivity index (χ4v) is 3.03. The molecule has 4 rings (SSSR count). The molecule has 136 valence electrons. The summed E-state index contributed by atoms with van der Waals surface area (Å²) in [5, 5.41) is 4.60. The van der Waals surface area contributed by atoms with E-state index in [1.165, 1.54) is 0 Å². The smallest absolute Gasteiger partial charge is 0.273 e. The Labute approximate surface area is 157 Å². The number of amides is 2. The van der Waals surface area contributed by atoms with E-state index in [4.69, 9.17) is 0 Å². The lowest BCUT2D eigenvalue weighted by atomic mass is 10.1. The fraction of sp³-hybridized carbons (Fsp3) is 0.190. The minimum absolute atomic E-state index is 0.00839. The summed E-state index contributed by atoms with van der Waals surface area (Å²) in [6.07, 6.45) is 2.54. The van der Waals surface area contributed by atoms with Gasteiger partial charge in [0, 0.05) is 17.7 Å². The minimum atomic E-state index is -0.391. The molecule has 2 atom stereocenters. The molecule has 1 saturated carbocycles. The van der Waals surface area contributed by atoms with E-state index in [2.05, 4.69) is 16.0 Å². The van der Waals surface area contributed by atoms with Crippen molar-refractivity contribution in [1.29, 1.82) is 0 Å². The average Bonchev–Trinajstić information content (AvgIpc) is 3.28. The van der Waals surface area contributed by atoms with Crippen molar-refractivity contribution in [2.75, 3.05) is 0 Å². The van der Waals surface area contributed by atoms with Gasteiger partial charge in [-0.25, -0.2) is 4.68 Å². The Balaban J connectivity index is 1.62. The van der Waals surface area contributed by atoms with E-state index in [0.717, 1.165) is 17.7 Å². The first-order valence-electron chi connectivity index (χ1n) is 8.94. The van der Waals surface area contributed by atoms with Crippen LogP contribution in [-0.4, -0.2) is 21.6 Å². The maximum Gasteiger partial charge on any atom is 0.273 e. The second kappa shape index (κ2) is 7.07. The lowest BCUT2D eigenvalue weighted by molar-refractivity contribution is -0.123. The van der Waals surface area contributed by atoms with Crippen LogP contribution in [-0.2, 0) is 4.79 Å². The van der Waals surface area contributed by atoms with Crippen LogP contribution in [0.2, 0.25) is 0 Å². The molecule has 2 unspecified atom stereocenters. The van der Waals surface area contributed by atoms with Crippen molar-refractivity contribution >= 4 is 11.8 Å². The first kappa shape index (κ1) is 17.0. The van der Waals surface area contributed by atoms with Crippen molar-refractivity contribution in [3.63, 3.8) is 0 Å². The van der Waals surface area contributed by atoms with E-state index in [1.807, 2.05) is 67.6 Å². The molecule has 6 nitrogen and oxygen atoms in total. The van der Waals surface area contributed by atoms with Gasteiger partial charge in [0.1, 0.15) is 5.69 Å². The second-order valence-corrected chi connectivity index (χ2v) is 6.80. The van der Waals surface area contributed by atoms with E-state index in [9.17, 15) is 9.59 Å². The van der Waals surface area contributed by atoms with Gasteiger partial charge in [-0.05, 0) is 24.5 Å². The molecule has 1 heterocycles. The molecule has 0 saturated heterocycles. The molecule has 6 heteroatoms. The maximum atomic E-state index is 12.7. The number of aromatic nitrogens is 2. The third-order valence-corrected chi connectivity index (χ3v) is 4.77. The summed E-state index contributed by atoms with van der Waals surface area (Å²) in [6.45, 7) is 2.02. The number of carbonyl (C=O) groups excluding carboxylic acids is 2. The first-order chi connectivity index (χ1) is 13.1. The van der Waals surface area contributed by atoms with Crippen molar-refractivity contribution in [2.45, 2.75) is 13.3 Å². The summed E-state index contributed by atoms with van der Waals surface area (Å²) < 4.78 is 1.67. The predicted molar refractivity (Wildman–Crippen MR) is 102 cm³/mol. The third-order valence-electron chi connectivity index (χ3n) is 4.77. The Morgan fingerprint density at radius 1 is 1.00 bits per heavy atom. The summed E-state index contributed by atoms with van der Waals surface area (Å²) in [6, 6.07) is 19.1. The molecule has 1 aliphatic rings. The molecule has 27 heavy (non-hydrogen) atoms. The van der Waals surface area contributed by atoms with Gasteiger partial charge in [-0.15, -0.1) is 0 Å². The normalized spacial score (nSPS) is 18.0. The Morgan fingerprint density at radius 2 is 1.63 bits per heavy atom. The second-order valence-electron chi connectivity index (χ2n) is 6.80. The predicted octanol–water partition coefficient (Wildman–Crippen LogP) is 2.96. The van der Waals surface area contributed by atoms with Crippen LogP contribution in [0.25, 0.3) is 16.9 Å². The van der Waals surface area contributed by atoms with Crippen LogP contribution >= 0.6 is 0 Å². The summed E-state index contributed by atoms with van der Waals surface area (Å²) in [5.41, 5.74) is 7.69. The van der Waals surface area contributed by atoms with Crippen molar-refractivity contribution in [3.05, 3.63) is 72.4 Å². The van der Waals surface area contributed by atoms with Crippen LogP contribution in [0.5, 0.6) is 0 Å². The molecular weight excluding hydrogens is 340 g/mol. The van der Waals surface area contributed by atoms with E-state index < -0.39 is 5.91 Å². The monoisotopic (exact) mass is 360 g/mol. The summed E-state index contributed by atoms with van der Waals surface area (Å²) in [4.78, 5) is 24.7. The van der Waals surface area contributed by atoms with Crippen molar-refractivity contribution in [2.24, 2.45) is 11.8 Å². The van der Waals surface area contributed by atoms with Crippen LogP contribution < -0.4 is 10.9 Å².